The number of carbonyl (C=O) groups excluding carboxylic acids is 2. The second-order valence-electron chi connectivity index (χ2n) is 5.68. The van der Waals surface area contributed by atoms with Gasteiger partial charge in [-0.15, -0.1) is 0 Å². The van der Waals surface area contributed by atoms with Crippen LogP contribution in [0.1, 0.15) is 26.3 Å². The third kappa shape index (κ3) is 5.52. The molecule has 3 aromatic carbocycles. The Bertz CT molecular complexity index is 1040. The van der Waals surface area contributed by atoms with Crippen LogP contribution in [0.25, 0.3) is 0 Å². The van der Waals surface area contributed by atoms with Crippen LogP contribution >= 0.6 is 27.5 Å². The molecule has 0 saturated heterocycles. The van der Waals surface area contributed by atoms with Crippen molar-refractivity contribution in [3.05, 3.63) is 99.0 Å². The summed E-state index contributed by atoms with van der Waals surface area (Å²) in [5, 5.41) is 4.40. The molecular formula is C21H14BrClN2O3. The molecule has 0 aliphatic carbocycles. The number of esters is 1. The summed E-state index contributed by atoms with van der Waals surface area (Å²) in [6, 6.07) is 20.2. The lowest BCUT2D eigenvalue weighted by Gasteiger charge is -2.05. The zero-order chi connectivity index (χ0) is 19.9. The first-order valence-electron chi connectivity index (χ1n) is 8.18. The first kappa shape index (κ1) is 19.8. The third-order valence-corrected chi connectivity index (χ3v) is 4.35. The Kier molecular flexibility index (Phi) is 6.57. The number of carbonyl (C=O) groups is 2. The van der Waals surface area contributed by atoms with Crippen molar-refractivity contribution < 1.29 is 14.3 Å². The predicted molar refractivity (Wildman–Crippen MR) is 112 cm³/mol. The molecule has 1 N–H and O–H groups in total. The third-order valence-electron chi connectivity index (χ3n) is 3.62. The number of rotatable bonds is 5. The Balaban J connectivity index is 1.57. The summed E-state index contributed by atoms with van der Waals surface area (Å²) in [6.45, 7) is 0. The van der Waals surface area contributed by atoms with Crippen molar-refractivity contribution in [3.8, 4) is 5.75 Å². The molecule has 7 heteroatoms. The quantitative estimate of drug-likeness (QED) is 0.251. The van der Waals surface area contributed by atoms with Gasteiger partial charge in [-0.2, -0.15) is 5.10 Å². The summed E-state index contributed by atoms with van der Waals surface area (Å²) in [5.74, 6) is -0.421. The summed E-state index contributed by atoms with van der Waals surface area (Å²) >= 11 is 9.19. The van der Waals surface area contributed by atoms with E-state index in [-0.39, 0.29) is 5.91 Å². The average molecular weight is 458 g/mol. The van der Waals surface area contributed by atoms with Crippen LogP contribution in [0.15, 0.2) is 82.4 Å². The maximum atomic E-state index is 12.1. The molecule has 3 aromatic rings. The van der Waals surface area contributed by atoms with Gasteiger partial charge in [0.05, 0.1) is 11.8 Å². The summed E-state index contributed by atoms with van der Waals surface area (Å²) in [7, 11) is 0. The highest BCUT2D eigenvalue weighted by Crippen LogP contribution is 2.16. The molecule has 0 aromatic heterocycles. The van der Waals surface area contributed by atoms with Crippen molar-refractivity contribution in [2.45, 2.75) is 0 Å². The lowest BCUT2D eigenvalue weighted by Crippen LogP contribution is -2.17. The van der Waals surface area contributed by atoms with Gasteiger partial charge in [-0.3, -0.25) is 4.79 Å². The Morgan fingerprint density at radius 2 is 1.68 bits per heavy atom. The summed E-state index contributed by atoms with van der Waals surface area (Å²) < 4.78 is 6.12. The van der Waals surface area contributed by atoms with Crippen molar-refractivity contribution in [3.63, 3.8) is 0 Å². The van der Waals surface area contributed by atoms with Gasteiger partial charge in [0, 0.05) is 15.1 Å². The van der Waals surface area contributed by atoms with Gasteiger partial charge in [-0.05, 0) is 66.2 Å². The SMILES string of the molecule is O=C(NN=Cc1ccc(OC(=O)c2cccc(Cl)c2)cc1)c1cccc(Br)c1. The molecule has 0 atom stereocenters. The van der Waals surface area contributed by atoms with E-state index < -0.39 is 5.97 Å². The molecule has 0 bridgehead atoms. The second-order valence-corrected chi connectivity index (χ2v) is 7.03. The second kappa shape index (κ2) is 9.30. The number of hydrogen-bond acceptors (Lipinski definition) is 4. The number of benzene rings is 3. The van der Waals surface area contributed by atoms with Crippen molar-refractivity contribution in [1.82, 2.24) is 5.43 Å². The minimum Gasteiger partial charge on any atom is -0.423 e. The maximum Gasteiger partial charge on any atom is 0.343 e. The fraction of sp³-hybridized carbons (Fsp3) is 0. The number of nitrogens with one attached hydrogen (secondary N) is 1. The Morgan fingerprint density at radius 3 is 2.39 bits per heavy atom. The zero-order valence-electron chi connectivity index (χ0n) is 14.4. The number of halogens is 2. The van der Waals surface area contributed by atoms with Gasteiger partial charge < -0.3 is 4.74 Å². The summed E-state index contributed by atoms with van der Waals surface area (Å²) in [5.41, 5.74) is 4.06. The normalized spacial score (nSPS) is 10.6. The fourth-order valence-corrected chi connectivity index (χ4v) is 2.85. The summed E-state index contributed by atoms with van der Waals surface area (Å²) in [6.07, 6.45) is 1.50. The van der Waals surface area contributed by atoms with E-state index in [0.29, 0.717) is 21.9 Å². The molecule has 0 aliphatic rings. The Morgan fingerprint density at radius 1 is 0.964 bits per heavy atom. The molecule has 0 heterocycles. The molecule has 140 valence electrons. The van der Waals surface area contributed by atoms with Gasteiger partial charge in [0.1, 0.15) is 5.75 Å². The molecule has 0 unspecified atom stereocenters. The van der Waals surface area contributed by atoms with E-state index in [9.17, 15) is 9.59 Å². The van der Waals surface area contributed by atoms with E-state index in [4.69, 9.17) is 16.3 Å². The lowest BCUT2D eigenvalue weighted by molar-refractivity contribution is 0.0734. The molecule has 0 fully saturated rings. The number of hydrogen-bond donors (Lipinski definition) is 1. The molecule has 0 aliphatic heterocycles. The molecule has 0 saturated carbocycles. The molecule has 5 nitrogen and oxygen atoms in total. The van der Waals surface area contributed by atoms with Crippen LogP contribution < -0.4 is 10.2 Å². The van der Waals surface area contributed by atoms with E-state index in [1.54, 1.807) is 66.7 Å². The average Bonchev–Trinajstić information content (AvgIpc) is 2.69. The number of nitrogens with zero attached hydrogens (tertiary/aromatic N) is 1. The van der Waals surface area contributed by atoms with Crippen molar-refractivity contribution >= 4 is 45.6 Å². The van der Waals surface area contributed by atoms with Gasteiger partial charge in [-0.1, -0.05) is 39.7 Å². The molecule has 28 heavy (non-hydrogen) atoms. The van der Waals surface area contributed by atoms with E-state index >= 15 is 0 Å². The van der Waals surface area contributed by atoms with E-state index in [0.717, 1.165) is 10.0 Å². The van der Waals surface area contributed by atoms with E-state index in [2.05, 4.69) is 26.5 Å². The van der Waals surface area contributed by atoms with Crippen LogP contribution in [0.4, 0.5) is 0 Å². The summed E-state index contributed by atoms with van der Waals surface area (Å²) in [4.78, 5) is 24.1. The first-order chi connectivity index (χ1) is 13.5. The van der Waals surface area contributed by atoms with Crippen LogP contribution in [0, 0.1) is 0 Å². The van der Waals surface area contributed by atoms with E-state index in [1.807, 2.05) is 6.07 Å². The molecule has 3 rings (SSSR count). The van der Waals surface area contributed by atoms with Crippen molar-refractivity contribution in [1.29, 1.82) is 0 Å². The highest BCUT2D eigenvalue weighted by atomic mass is 79.9. The predicted octanol–water partition coefficient (Wildman–Crippen LogP) is 5.09. The van der Waals surface area contributed by atoms with E-state index in [1.165, 1.54) is 6.21 Å². The number of amides is 1. The highest BCUT2D eigenvalue weighted by molar-refractivity contribution is 9.10. The topological polar surface area (TPSA) is 67.8 Å². The maximum absolute atomic E-state index is 12.1. The Hall–Kier alpha value is -2.96. The number of hydrazone groups is 1. The minimum atomic E-state index is -0.495. The largest absolute Gasteiger partial charge is 0.423 e. The standard InChI is InChI=1S/C21H14BrClN2O3/c22-17-5-1-3-15(11-17)20(26)25-24-13-14-7-9-19(10-8-14)28-21(27)16-4-2-6-18(23)12-16/h1-13H,(H,25,26). The highest BCUT2D eigenvalue weighted by Gasteiger charge is 2.09. The van der Waals surface area contributed by atoms with Crippen LogP contribution in [0.2, 0.25) is 5.02 Å². The molecule has 0 spiro atoms. The van der Waals surface area contributed by atoms with Crippen molar-refractivity contribution in [2.75, 3.05) is 0 Å². The van der Waals surface area contributed by atoms with Gasteiger partial charge in [0.25, 0.3) is 5.91 Å². The monoisotopic (exact) mass is 456 g/mol. The first-order valence-corrected chi connectivity index (χ1v) is 9.35. The van der Waals surface area contributed by atoms with Crippen LogP contribution in [-0.4, -0.2) is 18.1 Å². The van der Waals surface area contributed by atoms with Gasteiger partial charge in [0.2, 0.25) is 0 Å². The van der Waals surface area contributed by atoms with Crippen molar-refractivity contribution in [2.24, 2.45) is 5.10 Å². The molecule has 1 amide bonds. The van der Waals surface area contributed by atoms with Crippen LogP contribution in [-0.2, 0) is 0 Å². The van der Waals surface area contributed by atoms with Gasteiger partial charge >= 0.3 is 5.97 Å². The van der Waals surface area contributed by atoms with Gasteiger partial charge in [-0.25, -0.2) is 10.2 Å². The number of ether oxygens (including phenoxy) is 1. The smallest absolute Gasteiger partial charge is 0.343 e. The zero-order valence-corrected chi connectivity index (χ0v) is 16.8. The minimum absolute atomic E-state index is 0.315. The lowest BCUT2D eigenvalue weighted by atomic mass is 10.2. The van der Waals surface area contributed by atoms with Crippen LogP contribution in [0.3, 0.4) is 0 Å². The molecular weight excluding hydrogens is 444 g/mol. The molecule has 0 radical (unpaired) electrons. The van der Waals surface area contributed by atoms with Crippen LogP contribution in [0.5, 0.6) is 5.75 Å². The Labute approximate surface area is 175 Å². The fourth-order valence-electron chi connectivity index (χ4n) is 2.26. The van der Waals surface area contributed by atoms with Gasteiger partial charge in [0.15, 0.2) is 0 Å².